The summed E-state index contributed by atoms with van der Waals surface area (Å²) in [5.41, 5.74) is 11.2. The minimum absolute atomic E-state index is 0.0187. The van der Waals surface area contributed by atoms with Gasteiger partial charge in [0.2, 0.25) is 11.8 Å². The molecule has 0 radical (unpaired) electrons. The molecule has 0 saturated heterocycles. The summed E-state index contributed by atoms with van der Waals surface area (Å²) in [4.78, 5) is 55.4. The van der Waals surface area contributed by atoms with E-state index in [0.29, 0.717) is 32.1 Å². The van der Waals surface area contributed by atoms with Crippen LogP contribution in [0.4, 0.5) is 0 Å². The third kappa shape index (κ3) is 6.39. The zero-order valence-electron chi connectivity index (χ0n) is 26.9. The minimum atomic E-state index is -0.880. The molecule has 2 aromatic heterocycles. The Kier molecular flexibility index (Phi) is 9.91. The highest BCUT2D eigenvalue weighted by atomic mass is 16.4. The summed E-state index contributed by atoms with van der Waals surface area (Å²) in [6.07, 6.45) is 3.10. The number of carbonyl (C=O) groups is 4. The third-order valence-electron chi connectivity index (χ3n) is 9.76. The van der Waals surface area contributed by atoms with Gasteiger partial charge in [-0.1, -0.05) is 20.8 Å². The number of carboxylic acids is 2. The van der Waals surface area contributed by atoms with Gasteiger partial charge in [0.15, 0.2) is 0 Å². The average molecular weight is 607 g/mol. The van der Waals surface area contributed by atoms with Crippen LogP contribution in [-0.2, 0) is 44.9 Å². The van der Waals surface area contributed by atoms with Crippen molar-refractivity contribution in [1.82, 2.24) is 20.6 Å². The lowest BCUT2D eigenvalue weighted by molar-refractivity contribution is -0.138. The molecule has 238 valence electrons. The van der Waals surface area contributed by atoms with Gasteiger partial charge in [0.1, 0.15) is 0 Å². The van der Waals surface area contributed by atoms with Crippen molar-refractivity contribution in [2.24, 2.45) is 0 Å². The lowest BCUT2D eigenvalue weighted by Gasteiger charge is -2.21. The van der Waals surface area contributed by atoms with Crippen LogP contribution in [-0.4, -0.2) is 56.0 Å². The van der Waals surface area contributed by atoms with Crippen LogP contribution in [0.3, 0.4) is 0 Å². The van der Waals surface area contributed by atoms with Crippen LogP contribution >= 0.6 is 0 Å². The number of nitrogens with one attached hydrogen (secondary N) is 4. The molecule has 2 aromatic rings. The Morgan fingerprint density at radius 3 is 1.93 bits per heavy atom. The van der Waals surface area contributed by atoms with Gasteiger partial charge in [-0.2, -0.15) is 0 Å². The molecule has 0 aliphatic carbocycles. The molecule has 0 aromatic carbocycles. The van der Waals surface area contributed by atoms with Gasteiger partial charge >= 0.3 is 11.9 Å². The molecule has 3 unspecified atom stereocenters. The van der Waals surface area contributed by atoms with Crippen molar-refractivity contribution in [3.05, 3.63) is 67.3 Å². The van der Waals surface area contributed by atoms with E-state index in [1.165, 1.54) is 0 Å². The molecule has 44 heavy (non-hydrogen) atoms. The Labute approximate surface area is 258 Å². The van der Waals surface area contributed by atoms with E-state index in [9.17, 15) is 29.4 Å². The van der Waals surface area contributed by atoms with Crippen LogP contribution in [0, 0.1) is 13.8 Å². The summed E-state index contributed by atoms with van der Waals surface area (Å²) in [6, 6.07) is -0.284. The molecule has 0 saturated carbocycles. The molecular weight excluding hydrogens is 560 g/mol. The Morgan fingerprint density at radius 1 is 0.795 bits per heavy atom. The first kappa shape index (κ1) is 32.8. The quantitative estimate of drug-likeness (QED) is 0.183. The van der Waals surface area contributed by atoms with E-state index in [-0.39, 0.29) is 42.7 Å². The lowest BCUT2D eigenvalue weighted by Crippen LogP contribution is -2.33. The number of amides is 2. The van der Waals surface area contributed by atoms with E-state index in [4.69, 9.17) is 0 Å². The maximum Gasteiger partial charge on any atom is 0.303 e. The molecule has 2 aliphatic rings. The van der Waals surface area contributed by atoms with Crippen LogP contribution in [0.1, 0.15) is 111 Å². The normalized spacial score (nSPS) is 19.2. The maximum atomic E-state index is 12.6. The Hall–Kier alpha value is -4.08. The predicted octanol–water partition coefficient (Wildman–Crippen LogP) is 4.68. The molecule has 2 aliphatic heterocycles. The highest BCUT2D eigenvalue weighted by molar-refractivity contribution is 5.98. The van der Waals surface area contributed by atoms with Gasteiger partial charge in [0, 0.05) is 65.5 Å². The molecule has 0 bridgehead atoms. The molecule has 4 heterocycles. The van der Waals surface area contributed by atoms with Gasteiger partial charge in [-0.05, 0) is 86.8 Å². The monoisotopic (exact) mass is 606 g/mol. The molecule has 10 nitrogen and oxygen atoms in total. The zero-order valence-corrected chi connectivity index (χ0v) is 26.9. The highest BCUT2D eigenvalue weighted by Crippen LogP contribution is 2.35. The summed E-state index contributed by atoms with van der Waals surface area (Å²) in [6.45, 7) is 13.9. The summed E-state index contributed by atoms with van der Waals surface area (Å²) < 4.78 is 0. The number of hydrogen-bond donors (Lipinski definition) is 6. The number of aromatic amines is 2. The largest absolute Gasteiger partial charge is 0.481 e. The van der Waals surface area contributed by atoms with Gasteiger partial charge in [0.05, 0.1) is 12.1 Å². The predicted molar refractivity (Wildman–Crippen MR) is 168 cm³/mol. The summed E-state index contributed by atoms with van der Waals surface area (Å²) in [5.74, 6) is -1.92. The standard InChI is InChI=1S/C34H46N4O6/c1-8-21-19(6)33(43)37-26(21)14-25-16(3)23(10-12-29(39)40)27(35-25)15-28-24(11-13-30(41)42)18(5)31(36-28)20(7)32-17(4)22(9-2)34(44)38-32/h20,26,32,35-36H,8-15H2,1-7H3,(H,37,43)(H,38,44)(H,39,40)(H,41,42). The number of aromatic nitrogens is 2. The second kappa shape index (κ2) is 13.3. The fourth-order valence-corrected chi connectivity index (χ4v) is 7.22. The van der Waals surface area contributed by atoms with Crippen molar-refractivity contribution in [2.75, 3.05) is 0 Å². The van der Waals surface area contributed by atoms with E-state index >= 15 is 0 Å². The van der Waals surface area contributed by atoms with Crippen LogP contribution in [0.15, 0.2) is 22.3 Å². The fourth-order valence-electron chi connectivity index (χ4n) is 7.22. The van der Waals surface area contributed by atoms with E-state index < -0.39 is 11.9 Å². The maximum absolute atomic E-state index is 12.6. The average Bonchev–Trinajstić information content (AvgIpc) is 3.62. The molecule has 0 spiro atoms. The second-order valence-corrected chi connectivity index (χ2v) is 12.3. The van der Waals surface area contributed by atoms with Crippen LogP contribution in [0.2, 0.25) is 0 Å². The Bertz CT molecular complexity index is 1560. The van der Waals surface area contributed by atoms with E-state index in [1.807, 2.05) is 41.5 Å². The van der Waals surface area contributed by atoms with Gasteiger partial charge < -0.3 is 30.8 Å². The van der Waals surface area contributed by atoms with Gasteiger partial charge in [-0.25, -0.2) is 0 Å². The summed E-state index contributed by atoms with van der Waals surface area (Å²) in [7, 11) is 0. The van der Waals surface area contributed by atoms with Gasteiger partial charge in [0.25, 0.3) is 0 Å². The van der Waals surface area contributed by atoms with Crippen molar-refractivity contribution >= 4 is 23.8 Å². The van der Waals surface area contributed by atoms with Crippen LogP contribution in [0.5, 0.6) is 0 Å². The third-order valence-corrected chi connectivity index (χ3v) is 9.76. The summed E-state index contributed by atoms with van der Waals surface area (Å²) in [5, 5.41) is 25.2. The molecule has 4 rings (SSSR count). The molecular formula is C34H46N4O6. The zero-order chi connectivity index (χ0) is 32.5. The molecule has 6 N–H and O–H groups in total. The number of carboxylic acid groups (broad SMARTS) is 2. The lowest BCUT2D eigenvalue weighted by atomic mass is 9.89. The second-order valence-electron chi connectivity index (χ2n) is 12.3. The van der Waals surface area contributed by atoms with Crippen molar-refractivity contribution < 1.29 is 29.4 Å². The molecule has 0 fully saturated rings. The van der Waals surface area contributed by atoms with E-state index in [0.717, 1.165) is 73.7 Å². The molecule has 10 heteroatoms. The van der Waals surface area contributed by atoms with Crippen LogP contribution < -0.4 is 10.6 Å². The van der Waals surface area contributed by atoms with Gasteiger partial charge in [-0.15, -0.1) is 0 Å². The van der Waals surface area contributed by atoms with Crippen LogP contribution in [0.25, 0.3) is 0 Å². The van der Waals surface area contributed by atoms with Crippen molar-refractivity contribution in [2.45, 2.75) is 118 Å². The molecule has 2 amide bonds. The van der Waals surface area contributed by atoms with Crippen molar-refractivity contribution in [3.63, 3.8) is 0 Å². The number of hydrogen-bond acceptors (Lipinski definition) is 4. The number of carbonyl (C=O) groups excluding carboxylic acids is 2. The number of H-pyrrole nitrogens is 2. The Balaban J connectivity index is 1.74. The van der Waals surface area contributed by atoms with Gasteiger partial charge in [-0.3, -0.25) is 19.2 Å². The smallest absolute Gasteiger partial charge is 0.303 e. The number of aliphatic carboxylic acids is 2. The number of rotatable bonds is 14. The molecule has 3 atom stereocenters. The van der Waals surface area contributed by atoms with Crippen molar-refractivity contribution in [3.8, 4) is 0 Å². The highest BCUT2D eigenvalue weighted by Gasteiger charge is 2.34. The van der Waals surface area contributed by atoms with E-state index in [2.05, 4.69) is 27.5 Å². The van der Waals surface area contributed by atoms with Crippen molar-refractivity contribution in [1.29, 1.82) is 0 Å². The fraction of sp³-hybridized carbons (Fsp3) is 0.529. The minimum Gasteiger partial charge on any atom is -0.481 e. The van der Waals surface area contributed by atoms with E-state index in [1.54, 1.807) is 0 Å². The summed E-state index contributed by atoms with van der Waals surface area (Å²) >= 11 is 0. The topological polar surface area (TPSA) is 164 Å². The Morgan fingerprint density at radius 2 is 1.39 bits per heavy atom. The first-order valence-corrected chi connectivity index (χ1v) is 15.6. The first-order valence-electron chi connectivity index (χ1n) is 15.6. The SMILES string of the molecule is CCC1=C(C)C(C(C)c2[nH]c(Cc3[nH]c(CC4NC(=O)C(C)=C4CC)c(C)c3CCC(=O)O)c(CCC(=O)O)c2C)NC1=O. The first-order chi connectivity index (χ1) is 20.8.